The first kappa shape index (κ1) is 15.8. The fourth-order valence-electron chi connectivity index (χ4n) is 2.78. The molecule has 0 spiro atoms. The van der Waals surface area contributed by atoms with Gasteiger partial charge in [-0.15, -0.1) is 0 Å². The maximum absolute atomic E-state index is 12.5. The summed E-state index contributed by atoms with van der Waals surface area (Å²) in [7, 11) is 0. The fourth-order valence-corrected chi connectivity index (χ4v) is 2.78. The van der Waals surface area contributed by atoms with Crippen LogP contribution in [0.4, 0.5) is 0 Å². The van der Waals surface area contributed by atoms with Gasteiger partial charge in [-0.1, -0.05) is 18.2 Å². The molecule has 2 amide bonds. The summed E-state index contributed by atoms with van der Waals surface area (Å²) in [6.45, 7) is 5.77. The monoisotopic (exact) mass is 292 g/mol. The van der Waals surface area contributed by atoms with Crippen LogP contribution in [-0.4, -0.2) is 61.0 Å². The normalized spacial score (nSPS) is 24.0. The van der Waals surface area contributed by atoms with E-state index in [0.717, 1.165) is 19.4 Å². The Morgan fingerprint density at radius 1 is 1.10 bits per heavy atom. The molecule has 1 unspecified atom stereocenters. The lowest BCUT2D eigenvalue weighted by atomic mass is 9.96. The number of likely N-dealkylation sites (tertiary alicyclic amines) is 1. The summed E-state index contributed by atoms with van der Waals surface area (Å²) in [6, 6.07) is 0. The van der Waals surface area contributed by atoms with Gasteiger partial charge in [0.25, 0.3) is 0 Å². The number of piperidine rings is 1. The molecule has 2 heterocycles. The Morgan fingerprint density at radius 3 is 2.57 bits per heavy atom. The number of hydrogen-bond acceptors (Lipinski definition) is 3. The van der Waals surface area contributed by atoms with E-state index >= 15 is 0 Å². The van der Waals surface area contributed by atoms with Gasteiger partial charge >= 0.3 is 0 Å². The van der Waals surface area contributed by atoms with Crippen LogP contribution < -0.4 is 0 Å². The zero-order valence-corrected chi connectivity index (χ0v) is 12.7. The Kier molecular flexibility index (Phi) is 5.99. The summed E-state index contributed by atoms with van der Waals surface area (Å²) >= 11 is 0. The molecule has 2 aliphatic rings. The Balaban J connectivity index is 1.90. The van der Waals surface area contributed by atoms with Gasteiger partial charge in [-0.25, -0.2) is 0 Å². The molecule has 0 aromatic heterocycles. The van der Waals surface area contributed by atoms with Gasteiger partial charge < -0.3 is 14.5 Å². The molecule has 0 radical (unpaired) electrons. The number of morpholine rings is 1. The number of nitrogens with zero attached hydrogens (tertiary/aromatic N) is 2. The molecule has 0 saturated carbocycles. The summed E-state index contributed by atoms with van der Waals surface area (Å²) in [6.07, 6.45) is 8.79. The predicted octanol–water partition coefficient (Wildman–Crippen LogP) is 1.22. The largest absolute Gasteiger partial charge is 0.378 e. The third-order valence-corrected chi connectivity index (χ3v) is 3.95. The Bertz CT molecular complexity index is 425. The van der Waals surface area contributed by atoms with Crippen molar-refractivity contribution in [3.8, 4) is 0 Å². The number of carbonyl (C=O) groups excluding carboxylic acids is 2. The minimum atomic E-state index is -0.0593. The molecule has 116 valence electrons. The van der Waals surface area contributed by atoms with E-state index in [1.807, 2.05) is 24.0 Å². The summed E-state index contributed by atoms with van der Waals surface area (Å²) in [5.41, 5.74) is 0. The highest BCUT2D eigenvalue weighted by molar-refractivity contribution is 5.88. The smallest absolute Gasteiger partial charge is 0.246 e. The van der Waals surface area contributed by atoms with Gasteiger partial charge in [-0.3, -0.25) is 9.59 Å². The first-order valence-corrected chi connectivity index (χ1v) is 7.67. The van der Waals surface area contributed by atoms with Crippen molar-refractivity contribution >= 4 is 11.8 Å². The van der Waals surface area contributed by atoms with E-state index < -0.39 is 0 Å². The highest BCUT2D eigenvalue weighted by atomic mass is 16.5. The number of carbonyl (C=O) groups is 2. The topological polar surface area (TPSA) is 49.9 Å². The van der Waals surface area contributed by atoms with Crippen LogP contribution >= 0.6 is 0 Å². The molecule has 0 aromatic carbocycles. The number of amides is 2. The molecule has 1 atom stereocenters. The highest BCUT2D eigenvalue weighted by Crippen LogP contribution is 2.19. The van der Waals surface area contributed by atoms with Gasteiger partial charge in [-0.05, 0) is 19.8 Å². The standard InChI is InChI=1S/C16H24N2O3/c1-2-3-4-7-15(19)18-8-5-6-14(13-18)16(20)17-9-11-21-12-10-17/h2-4,7,14H,5-6,8-13H2,1H3/b3-2+,7-4+. The zero-order valence-electron chi connectivity index (χ0n) is 12.7. The van der Waals surface area contributed by atoms with Gasteiger partial charge in [0.1, 0.15) is 0 Å². The molecular formula is C16H24N2O3. The Hall–Kier alpha value is -1.62. The average molecular weight is 292 g/mol. The van der Waals surface area contributed by atoms with Crippen molar-refractivity contribution in [2.45, 2.75) is 19.8 Å². The summed E-state index contributed by atoms with van der Waals surface area (Å²) in [5, 5.41) is 0. The van der Waals surface area contributed by atoms with E-state index in [9.17, 15) is 9.59 Å². The SMILES string of the molecule is C/C=C/C=C/C(=O)N1CCCC(C(=O)N2CCOCC2)C1. The van der Waals surface area contributed by atoms with Gasteiger partial charge in [0.2, 0.25) is 11.8 Å². The summed E-state index contributed by atoms with van der Waals surface area (Å²) < 4.78 is 5.28. The predicted molar refractivity (Wildman–Crippen MR) is 80.7 cm³/mol. The van der Waals surface area contributed by atoms with Crippen molar-refractivity contribution in [1.82, 2.24) is 9.80 Å². The maximum atomic E-state index is 12.5. The van der Waals surface area contributed by atoms with Gasteiger partial charge in [0, 0.05) is 32.3 Å². The van der Waals surface area contributed by atoms with E-state index in [4.69, 9.17) is 4.74 Å². The lowest BCUT2D eigenvalue weighted by Crippen LogP contribution is -2.49. The molecule has 5 nitrogen and oxygen atoms in total. The molecule has 0 aromatic rings. The van der Waals surface area contributed by atoms with E-state index in [0.29, 0.717) is 32.8 Å². The van der Waals surface area contributed by atoms with Crippen LogP contribution in [0.1, 0.15) is 19.8 Å². The molecule has 2 saturated heterocycles. The van der Waals surface area contributed by atoms with Crippen LogP contribution in [0.25, 0.3) is 0 Å². The molecule has 5 heteroatoms. The average Bonchev–Trinajstić information content (AvgIpc) is 2.55. The third kappa shape index (κ3) is 4.43. The Morgan fingerprint density at radius 2 is 1.86 bits per heavy atom. The molecular weight excluding hydrogens is 268 g/mol. The van der Waals surface area contributed by atoms with Crippen LogP contribution in [0.5, 0.6) is 0 Å². The van der Waals surface area contributed by atoms with Crippen LogP contribution in [0, 0.1) is 5.92 Å². The molecule has 0 aliphatic carbocycles. The minimum absolute atomic E-state index is 0.00687. The fraction of sp³-hybridized carbons (Fsp3) is 0.625. The second-order valence-corrected chi connectivity index (χ2v) is 5.45. The summed E-state index contributed by atoms with van der Waals surface area (Å²) in [5.74, 6) is 0.108. The van der Waals surface area contributed by atoms with Crippen molar-refractivity contribution in [2.24, 2.45) is 5.92 Å². The first-order chi connectivity index (χ1) is 10.2. The van der Waals surface area contributed by atoms with E-state index in [1.165, 1.54) is 0 Å². The maximum Gasteiger partial charge on any atom is 0.246 e. The molecule has 2 aliphatic heterocycles. The van der Waals surface area contributed by atoms with Crippen molar-refractivity contribution in [3.63, 3.8) is 0 Å². The number of ether oxygens (including phenoxy) is 1. The number of rotatable bonds is 3. The van der Waals surface area contributed by atoms with Crippen LogP contribution in [0.3, 0.4) is 0 Å². The van der Waals surface area contributed by atoms with Crippen molar-refractivity contribution in [3.05, 3.63) is 24.3 Å². The van der Waals surface area contributed by atoms with E-state index in [-0.39, 0.29) is 17.7 Å². The molecule has 2 fully saturated rings. The number of hydrogen-bond donors (Lipinski definition) is 0. The van der Waals surface area contributed by atoms with Gasteiger partial charge in [-0.2, -0.15) is 0 Å². The first-order valence-electron chi connectivity index (χ1n) is 7.67. The van der Waals surface area contributed by atoms with Gasteiger partial charge in [0.15, 0.2) is 0 Å². The van der Waals surface area contributed by atoms with Crippen molar-refractivity contribution in [1.29, 1.82) is 0 Å². The van der Waals surface area contributed by atoms with Crippen LogP contribution in [0.2, 0.25) is 0 Å². The molecule has 2 rings (SSSR count). The lowest BCUT2D eigenvalue weighted by Gasteiger charge is -2.35. The second-order valence-electron chi connectivity index (χ2n) is 5.45. The number of allylic oxidation sites excluding steroid dienone is 3. The minimum Gasteiger partial charge on any atom is -0.378 e. The zero-order chi connectivity index (χ0) is 15.1. The van der Waals surface area contributed by atoms with Crippen molar-refractivity contribution < 1.29 is 14.3 Å². The molecule has 21 heavy (non-hydrogen) atoms. The van der Waals surface area contributed by atoms with E-state index in [1.54, 1.807) is 17.1 Å². The molecule has 0 bridgehead atoms. The highest BCUT2D eigenvalue weighted by Gasteiger charge is 2.31. The quantitative estimate of drug-likeness (QED) is 0.580. The second kappa shape index (κ2) is 7.98. The van der Waals surface area contributed by atoms with Gasteiger partial charge in [0.05, 0.1) is 19.1 Å². The van der Waals surface area contributed by atoms with Crippen molar-refractivity contribution in [2.75, 3.05) is 39.4 Å². The van der Waals surface area contributed by atoms with E-state index in [2.05, 4.69) is 0 Å². The van der Waals surface area contributed by atoms with Crippen LogP contribution in [0.15, 0.2) is 24.3 Å². The molecule has 0 N–H and O–H groups in total. The third-order valence-electron chi connectivity index (χ3n) is 3.95. The summed E-state index contributed by atoms with van der Waals surface area (Å²) in [4.78, 5) is 28.2. The Labute approximate surface area is 126 Å². The van der Waals surface area contributed by atoms with Crippen LogP contribution in [-0.2, 0) is 14.3 Å². The lowest BCUT2D eigenvalue weighted by molar-refractivity contribution is -0.143.